The lowest BCUT2D eigenvalue weighted by molar-refractivity contribution is -0.137. The molecule has 1 atom stereocenters. The lowest BCUT2D eigenvalue weighted by atomic mass is 10.1. The van der Waals surface area contributed by atoms with Crippen LogP contribution in [0.15, 0.2) is 42.5 Å². The van der Waals surface area contributed by atoms with Crippen LogP contribution in [0.4, 0.5) is 0 Å². The van der Waals surface area contributed by atoms with Gasteiger partial charge < -0.3 is 9.64 Å². The van der Waals surface area contributed by atoms with Gasteiger partial charge in [0.25, 0.3) is 0 Å². The molecule has 1 heterocycles. The van der Waals surface area contributed by atoms with Gasteiger partial charge in [-0.2, -0.15) is 0 Å². The summed E-state index contributed by atoms with van der Waals surface area (Å²) in [6, 6.07) is 10.8. The van der Waals surface area contributed by atoms with Crippen LogP contribution in [0.2, 0.25) is 0 Å². The molecule has 1 saturated heterocycles. The van der Waals surface area contributed by atoms with Crippen LogP contribution in [0.5, 0.6) is 0 Å². The number of rotatable bonds is 8. The lowest BCUT2D eigenvalue weighted by Gasteiger charge is -2.40. The number of nitrogens with zero attached hydrogens (tertiary/aromatic N) is 2. The van der Waals surface area contributed by atoms with Crippen molar-refractivity contribution in [3.63, 3.8) is 0 Å². The predicted molar refractivity (Wildman–Crippen MR) is 97.8 cm³/mol. The number of carbonyl (C=O) groups is 1. The number of piperazine rings is 1. The number of esters is 1. The summed E-state index contributed by atoms with van der Waals surface area (Å²) in [6.45, 7) is 9.63. The first-order chi connectivity index (χ1) is 11.7. The van der Waals surface area contributed by atoms with Gasteiger partial charge in [0, 0.05) is 38.3 Å². The lowest BCUT2D eigenvalue weighted by Crippen LogP contribution is -2.52. The number of carbonyl (C=O) groups excluding carboxylic acids is 1. The molecule has 0 amide bonds. The minimum atomic E-state index is -0.247. The molecule has 0 N–H and O–H groups in total. The number of benzene rings is 1. The normalized spacial score (nSPS) is 19.7. The number of ether oxygens (including phenoxy) is 1. The molecule has 0 spiro atoms. The molecule has 132 valence electrons. The number of hydrogen-bond acceptors (Lipinski definition) is 4. The zero-order chi connectivity index (χ0) is 17.2. The molecule has 1 aliphatic heterocycles. The van der Waals surface area contributed by atoms with Crippen molar-refractivity contribution in [3.8, 4) is 0 Å². The smallest absolute Gasteiger partial charge is 0.330 e. The summed E-state index contributed by atoms with van der Waals surface area (Å²) in [5.74, 6) is -0.247. The average molecular weight is 330 g/mol. The summed E-state index contributed by atoms with van der Waals surface area (Å²) in [7, 11) is 0. The molecule has 1 aromatic rings. The Morgan fingerprint density at radius 1 is 1.25 bits per heavy atom. The number of unbranched alkanes of at least 4 members (excludes halogenated alkanes) is 1. The van der Waals surface area contributed by atoms with E-state index in [0.29, 0.717) is 6.61 Å². The van der Waals surface area contributed by atoms with Crippen molar-refractivity contribution in [2.24, 2.45) is 0 Å². The second-order valence-corrected chi connectivity index (χ2v) is 6.29. The van der Waals surface area contributed by atoms with Gasteiger partial charge in [0.05, 0.1) is 6.61 Å². The van der Waals surface area contributed by atoms with Crippen LogP contribution in [-0.4, -0.2) is 54.6 Å². The van der Waals surface area contributed by atoms with E-state index < -0.39 is 0 Å². The van der Waals surface area contributed by atoms with Crippen molar-refractivity contribution in [2.45, 2.75) is 39.3 Å². The highest BCUT2D eigenvalue weighted by Crippen LogP contribution is 2.16. The predicted octanol–water partition coefficient (Wildman–Crippen LogP) is 3.09. The van der Waals surface area contributed by atoms with Crippen molar-refractivity contribution < 1.29 is 9.53 Å². The van der Waals surface area contributed by atoms with Gasteiger partial charge in [0.15, 0.2) is 0 Å². The van der Waals surface area contributed by atoms with E-state index >= 15 is 0 Å². The summed E-state index contributed by atoms with van der Waals surface area (Å²) in [5, 5.41) is 0. The fraction of sp³-hybridized carbons (Fsp3) is 0.550. The van der Waals surface area contributed by atoms with Crippen molar-refractivity contribution in [3.05, 3.63) is 48.0 Å². The van der Waals surface area contributed by atoms with Crippen molar-refractivity contribution in [1.29, 1.82) is 0 Å². The van der Waals surface area contributed by atoms with Crippen LogP contribution in [0.3, 0.4) is 0 Å². The molecule has 0 aromatic heterocycles. The molecule has 4 heteroatoms. The molecule has 0 unspecified atom stereocenters. The van der Waals surface area contributed by atoms with E-state index in [1.54, 1.807) is 6.08 Å². The van der Waals surface area contributed by atoms with E-state index in [9.17, 15) is 4.79 Å². The Morgan fingerprint density at radius 2 is 2.04 bits per heavy atom. The molecule has 0 radical (unpaired) electrons. The van der Waals surface area contributed by atoms with Gasteiger partial charge in [-0.25, -0.2) is 4.79 Å². The van der Waals surface area contributed by atoms with Crippen LogP contribution in [-0.2, 0) is 16.1 Å². The monoisotopic (exact) mass is 330 g/mol. The van der Waals surface area contributed by atoms with E-state index in [-0.39, 0.29) is 12.0 Å². The number of hydrogen-bond donors (Lipinski definition) is 0. The van der Waals surface area contributed by atoms with Crippen LogP contribution in [0.1, 0.15) is 32.3 Å². The van der Waals surface area contributed by atoms with Crippen LogP contribution in [0, 0.1) is 0 Å². The highest BCUT2D eigenvalue weighted by Gasteiger charge is 2.25. The molecule has 24 heavy (non-hydrogen) atoms. The third-order valence-electron chi connectivity index (χ3n) is 4.42. The van der Waals surface area contributed by atoms with E-state index in [0.717, 1.165) is 32.7 Å². The molecule has 0 bridgehead atoms. The second-order valence-electron chi connectivity index (χ2n) is 6.29. The molecule has 1 aliphatic rings. The third-order valence-corrected chi connectivity index (χ3v) is 4.42. The molecule has 2 rings (SSSR count). The summed E-state index contributed by atoms with van der Waals surface area (Å²) < 4.78 is 5.02. The Bertz CT molecular complexity index is 516. The molecule has 1 fully saturated rings. The van der Waals surface area contributed by atoms with Crippen LogP contribution >= 0.6 is 0 Å². The molecule has 1 aromatic carbocycles. The molecule has 0 saturated carbocycles. The SMILES string of the molecule is CCCCN1CCN(Cc2ccccc2)[C@@H](/C=C/C(=O)OCC)C1. The fourth-order valence-corrected chi connectivity index (χ4v) is 3.07. The zero-order valence-electron chi connectivity index (χ0n) is 15.0. The Hall–Kier alpha value is -1.65. The quantitative estimate of drug-likeness (QED) is 0.542. The van der Waals surface area contributed by atoms with E-state index in [1.807, 2.05) is 19.1 Å². The fourth-order valence-electron chi connectivity index (χ4n) is 3.07. The Balaban J connectivity index is 2.01. The maximum Gasteiger partial charge on any atom is 0.330 e. The third kappa shape index (κ3) is 6.10. The maximum atomic E-state index is 11.7. The maximum absolute atomic E-state index is 11.7. The summed E-state index contributed by atoms with van der Waals surface area (Å²) in [6.07, 6.45) is 6.05. The van der Waals surface area contributed by atoms with Gasteiger partial charge in [-0.15, -0.1) is 0 Å². The Labute approximate surface area is 146 Å². The zero-order valence-corrected chi connectivity index (χ0v) is 15.0. The first kappa shape index (κ1) is 18.7. The van der Waals surface area contributed by atoms with E-state index in [4.69, 9.17) is 4.74 Å². The Kier molecular flexibility index (Phi) is 7.99. The minimum absolute atomic E-state index is 0.247. The standard InChI is InChI=1S/C20H30N2O2/c1-3-5-13-21-14-15-22(16-18-9-7-6-8-10-18)19(17-21)11-12-20(23)24-4-2/h6-12,19H,3-5,13-17H2,1-2H3/b12-11+/t19-/m0/s1. The molecular formula is C20H30N2O2. The average Bonchev–Trinajstić information content (AvgIpc) is 2.60. The second kappa shape index (κ2) is 10.3. The van der Waals surface area contributed by atoms with Gasteiger partial charge in [0.2, 0.25) is 0 Å². The minimum Gasteiger partial charge on any atom is -0.463 e. The highest BCUT2D eigenvalue weighted by molar-refractivity contribution is 5.82. The van der Waals surface area contributed by atoms with Gasteiger partial charge in [-0.05, 0) is 25.5 Å². The van der Waals surface area contributed by atoms with Crippen molar-refractivity contribution in [2.75, 3.05) is 32.8 Å². The van der Waals surface area contributed by atoms with E-state index in [1.165, 1.54) is 18.4 Å². The van der Waals surface area contributed by atoms with Crippen LogP contribution < -0.4 is 0 Å². The van der Waals surface area contributed by atoms with Gasteiger partial charge >= 0.3 is 5.97 Å². The largest absolute Gasteiger partial charge is 0.463 e. The van der Waals surface area contributed by atoms with Gasteiger partial charge in [-0.1, -0.05) is 49.8 Å². The Morgan fingerprint density at radius 3 is 2.75 bits per heavy atom. The van der Waals surface area contributed by atoms with Crippen LogP contribution in [0.25, 0.3) is 0 Å². The molecule has 0 aliphatic carbocycles. The van der Waals surface area contributed by atoms with E-state index in [2.05, 4.69) is 41.0 Å². The van der Waals surface area contributed by atoms with Gasteiger partial charge in [0.1, 0.15) is 0 Å². The highest BCUT2D eigenvalue weighted by atomic mass is 16.5. The first-order valence-electron chi connectivity index (χ1n) is 9.08. The summed E-state index contributed by atoms with van der Waals surface area (Å²) >= 11 is 0. The summed E-state index contributed by atoms with van der Waals surface area (Å²) in [4.78, 5) is 16.6. The summed E-state index contributed by atoms with van der Waals surface area (Å²) in [5.41, 5.74) is 1.31. The first-order valence-corrected chi connectivity index (χ1v) is 9.08. The molecule has 4 nitrogen and oxygen atoms in total. The van der Waals surface area contributed by atoms with Crippen molar-refractivity contribution in [1.82, 2.24) is 9.80 Å². The molecular weight excluding hydrogens is 300 g/mol. The topological polar surface area (TPSA) is 32.8 Å². The van der Waals surface area contributed by atoms with Crippen molar-refractivity contribution >= 4 is 5.97 Å². The van der Waals surface area contributed by atoms with Gasteiger partial charge in [-0.3, -0.25) is 4.90 Å².